The zero-order valence-electron chi connectivity index (χ0n) is 16.2. The summed E-state index contributed by atoms with van der Waals surface area (Å²) in [5, 5.41) is 5.13. The Balaban J connectivity index is 1.63. The highest BCUT2D eigenvalue weighted by atomic mass is 32.1. The first kappa shape index (κ1) is 19.5. The third-order valence-electron chi connectivity index (χ3n) is 5.01. The molecule has 0 saturated carbocycles. The summed E-state index contributed by atoms with van der Waals surface area (Å²) in [4.78, 5) is 16.2. The van der Waals surface area contributed by atoms with Crippen molar-refractivity contribution in [2.75, 3.05) is 34.4 Å². The summed E-state index contributed by atoms with van der Waals surface area (Å²) in [7, 11) is 4.76. The largest absolute Gasteiger partial charge is 0.496 e. The number of carbonyl (C=O) groups is 1. The van der Waals surface area contributed by atoms with Gasteiger partial charge in [-0.1, -0.05) is 0 Å². The second-order valence-electron chi connectivity index (χ2n) is 6.49. The molecule has 7 heteroatoms. The zero-order valence-corrected chi connectivity index (χ0v) is 17.0. The number of nitrogens with zero attached hydrogens (tertiary/aromatic N) is 1. The van der Waals surface area contributed by atoms with Gasteiger partial charge in [0.25, 0.3) is 0 Å². The van der Waals surface area contributed by atoms with Crippen LogP contribution >= 0.6 is 11.3 Å². The smallest absolute Gasteiger partial charge is 0.234 e. The van der Waals surface area contributed by atoms with Gasteiger partial charge in [-0.2, -0.15) is 0 Å². The summed E-state index contributed by atoms with van der Waals surface area (Å²) >= 11 is 1.80. The van der Waals surface area contributed by atoms with Crippen LogP contribution < -0.4 is 19.5 Å². The van der Waals surface area contributed by atoms with Crippen LogP contribution in [0.5, 0.6) is 17.2 Å². The molecule has 1 aliphatic heterocycles. The quantitative estimate of drug-likeness (QED) is 0.788. The first-order chi connectivity index (χ1) is 13.1. The fraction of sp³-hybridized carbons (Fsp3) is 0.450. The van der Waals surface area contributed by atoms with Crippen LogP contribution in [-0.2, 0) is 17.8 Å². The number of nitrogens with one attached hydrogen (secondary N) is 1. The molecule has 3 rings (SSSR count). The summed E-state index contributed by atoms with van der Waals surface area (Å²) in [6, 6.07) is 6.04. The first-order valence-electron chi connectivity index (χ1n) is 8.93. The Bertz CT molecular complexity index is 805. The van der Waals surface area contributed by atoms with E-state index in [0.29, 0.717) is 30.3 Å². The van der Waals surface area contributed by atoms with Crippen LogP contribution in [0.25, 0.3) is 0 Å². The van der Waals surface area contributed by atoms with Gasteiger partial charge in [-0.15, -0.1) is 11.3 Å². The Morgan fingerprint density at radius 1 is 1.19 bits per heavy atom. The Kier molecular flexibility index (Phi) is 6.23. The SMILES string of the molecule is COc1cc(OC)c(OC)cc1CNC(=O)CN1CCc2sccc2C1C. The van der Waals surface area contributed by atoms with Crippen molar-refractivity contribution in [3.63, 3.8) is 0 Å². The van der Waals surface area contributed by atoms with Crippen LogP contribution in [0, 0.1) is 0 Å². The highest BCUT2D eigenvalue weighted by Crippen LogP contribution is 2.35. The molecule has 1 aromatic carbocycles. The van der Waals surface area contributed by atoms with E-state index in [-0.39, 0.29) is 11.9 Å². The molecule has 27 heavy (non-hydrogen) atoms. The average Bonchev–Trinajstić information content (AvgIpc) is 3.17. The van der Waals surface area contributed by atoms with Crippen molar-refractivity contribution in [2.45, 2.75) is 25.9 Å². The minimum Gasteiger partial charge on any atom is -0.496 e. The number of fused-ring (bicyclic) bond motifs is 1. The normalized spacial score (nSPS) is 16.5. The lowest BCUT2D eigenvalue weighted by Gasteiger charge is -2.32. The molecular weight excluding hydrogens is 364 g/mol. The number of thiophene rings is 1. The lowest BCUT2D eigenvalue weighted by molar-refractivity contribution is -0.123. The number of carbonyl (C=O) groups excluding carboxylic acids is 1. The van der Waals surface area contributed by atoms with Gasteiger partial charge < -0.3 is 19.5 Å². The average molecular weight is 391 g/mol. The molecule has 1 atom stereocenters. The first-order valence-corrected chi connectivity index (χ1v) is 9.81. The molecule has 1 unspecified atom stereocenters. The lowest BCUT2D eigenvalue weighted by atomic mass is 10.0. The summed E-state index contributed by atoms with van der Waals surface area (Å²) in [6.07, 6.45) is 1.01. The van der Waals surface area contributed by atoms with Crippen LogP contribution in [0.1, 0.15) is 29.0 Å². The van der Waals surface area contributed by atoms with Crippen molar-refractivity contribution >= 4 is 17.2 Å². The summed E-state index contributed by atoms with van der Waals surface area (Å²) in [6.45, 7) is 3.82. The maximum absolute atomic E-state index is 12.5. The van der Waals surface area contributed by atoms with Gasteiger partial charge in [-0.3, -0.25) is 9.69 Å². The highest BCUT2D eigenvalue weighted by Gasteiger charge is 2.26. The van der Waals surface area contributed by atoms with Gasteiger partial charge in [0.2, 0.25) is 5.91 Å². The Morgan fingerprint density at radius 3 is 2.59 bits per heavy atom. The molecule has 0 fully saturated rings. The van der Waals surface area contributed by atoms with Crippen LogP contribution in [0.15, 0.2) is 23.6 Å². The van der Waals surface area contributed by atoms with E-state index in [1.807, 2.05) is 6.07 Å². The fourth-order valence-corrected chi connectivity index (χ4v) is 4.40. The summed E-state index contributed by atoms with van der Waals surface area (Å²) in [5.41, 5.74) is 2.19. The standard InChI is InChI=1S/C20H26N2O4S/c1-13-15-6-8-27-19(15)5-7-22(13)12-20(23)21-11-14-9-17(25-3)18(26-4)10-16(14)24-2/h6,8-10,13H,5,7,11-12H2,1-4H3,(H,21,23). The number of amides is 1. The molecule has 1 aromatic heterocycles. The molecule has 2 aromatic rings. The van der Waals surface area contributed by atoms with Crippen molar-refractivity contribution < 1.29 is 19.0 Å². The van der Waals surface area contributed by atoms with E-state index in [9.17, 15) is 4.79 Å². The summed E-state index contributed by atoms with van der Waals surface area (Å²) < 4.78 is 16.1. The summed E-state index contributed by atoms with van der Waals surface area (Å²) in [5.74, 6) is 1.86. The molecular formula is C20H26N2O4S. The Hall–Kier alpha value is -2.25. The minimum absolute atomic E-state index is 0.00244. The molecule has 1 N–H and O–H groups in total. The van der Waals surface area contributed by atoms with Crippen LogP contribution in [0.4, 0.5) is 0 Å². The van der Waals surface area contributed by atoms with E-state index < -0.39 is 0 Å². The Morgan fingerprint density at radius 2 is 1.89 bits per heavy atom. The molecule has 0 aliphatic carbocycles. The van der Waals surface area contributed by atoms with Gasteiger partial charge in [0.15, 0.2) is 11.5 Å². The second kappa shape index (κ2) is 8.63. The maximum Gasteiger partial charge on any atom is 0.234 e. The van der Waals surface area contributed by atoms with E-state index in [1.165, 1.54) is 10.4 Å². The molecule has 6 nitrogen and oxygen atoms in total. The topological polar surface area (TPSA) is 60.0 Å². The van der Waals surface area contributed by atoms with E-state index in [0.717, 1.165) is 18.5 Å². The number of hydrogen-bond donors (Lipinski definition) is 1. The number of rotatable bonds is 7. The van der Waals surface area contributed by atoms with Crippen molar-refractivity contribution in [1.29, 1.82) is 0 Å². The van der Waals surface area contributed by atoms with Gasteiger partial charge in [0, 0.05) is 35.6 Å². The minimum atomic E-state index is -0.00244. The molecule has 0 spiro atoms. The van der Waals surface area contributed by atoms with Gasteiger partial charge >= 0.3 is 0 Å². The van der Waals surface area contributed by atoms with Crippen molar-refractivity contribution in [3.05, 3.63) is 39.6 Å². The van der Waals surface area contributed by atoms with E-state index >= 15 is 0 Å². The van der Waals surface area contributed by atoms with Crippen molar-refractivity contribution in [1.82, 2.24) is 10.2 Å². The van der Waals surface area contributed by atoms with Gasteiger partial charge in [-0.25, -0.2) is 0 Å². The molecule has 0 bridgehead atoms. The number of ether oxygens (including phenoxy) is 3. The Labute approximate surface area is 164 Å². The van der Waals surface area contributed by atoms with Crippen molar-refractivity contribution in [2.24, 2.45) is 0 Å². The molecule has 1 amide bonds. The van der Waals surface area contributed by atoms with Crippen LogP contribution in [0.2, 0.25) is 0 Å². The predicted octanol–water partition coefficient (Wildman–Crippen LogP) is 3.01. The molecule has 0 radical (unpaired) electrons. The third kappa shape index (κ3) is 4.20. The highest BCUT2D eigenvalue weighted by molar-refractivity contribution is 7.10. The van der Waals surface area contributed by atoms with Gasteiger partial charge in [0.05, 0.1) is 27.9 Å². The van der Waals surface area contributed by atoms with Gasteiger partial charge in [-0.05, 0) is 36.4 Å². The predicted molar refractivity (Wildman–Crippen MR) is 106 cm³/mol. The monoisotopic (exact) mass is 390 g/mol. The molecule has 146 valence electrons. The fourth-order valence-electron chi connectivity index (χ4n) is 3.44. The lowest BCUT2D eigenvalue weighted by Crippen LogP contribution is -2.41. The maximum atomic E-state index is 12.5. The van der Waals surface area contributed by atoms with Crippen LogP contribution in [0.3, 0.4) is 0 Å². The third-order valence-corrected chi connectivity index (χ3v) is 6.01. The molecule has 2 heterocycles. The molecule has 1 aliphatic rings. The zero-order chi connectivity index (χ0) is 19.4. The van der Waals surface area contributed by atoms with E-state index in [1.54, 1.807) is 38.7 Å². The van der Waals surface area contributed by atoms with Crippen LogP contribution in [-0.4, -0.2) is 45.2 Å². The number of methoxy groups -OCH3 is 3. The van der Waals surface area contributed by atoms with E-state index in [2.05, 4.69) is 28.6 Å². The molecule has 0 saturated heterocycles. The second-order valence-corrected chi connectivity index (χ2v) is 7.49. The van der Waals surface area contributed by atoms with E-state index in [4.69, 9.17) is 14.2 Å². The number of benzene rings is 1. The number of hydrogen-bond acceptors (Lipinski definition) is 6. The van der Waals surface area contributed by atoms with Gasteiger partial charge in [0.1, 0.15) is 5.75 Å². The van der Waals surface area contributed by atoms with Crippen molar-refractivity contribution in [3.8, 4) is 17.2 Å².